The van der Waals surface area contributed by atoms with Gasteiger partial charge in [0.1, 0.15) is 11.9 Å². The summed E-state index contributed by atoms with van der Waals surface area (Å²) in [5.74, 6) is 0.342. The number of ether oxygens (including phenoxy) is 1. The lowest BCUT2D eigenvalue weighted by Crippen LogP contribution is -2.50. The summed E-state index contributed by atoms with van der Waals surface area (Å²) in [7, 11) is 0. The number of aliphatic imine (C=N–C) groups is 1. The van der Waals surface area contributed by atoms with Crippen LogP contribution in [0.5, 0.6) is 0 Å². The smallest absolute Gasteiger partial charge is 0.288 e. The van der Waals surface area contributed by atoms with Crippen LogP contribution in [0.1, 0.15) is 22.7 Å². The largest absolute Gasteiger partial charge is 0.459 e. The topological polar surface area (TPSA) is 36.9 Å². The van der Waals surface area contributed by atoms with Crippen molar-refractivity contribution in [2.24, 2.45) is 10.9 Å². The molecule has 0 amide bonds. The van der Waals surface area contributed by atoms with Gasteiger partial charge in [-0.15, -0.1) is 0 Å². The highest BCUT2D eigenvalue weighted by molar-refractivity contribution is 5.77. The number of hydrogen-bond acceptors (Lipinski definition) is 4. The van der Waals surface area contributed by atoms with E-state index in [2.05, 4.69) is 34.5 Å². The predicted molar refractivity (Wildman–Crippen MR) is 98.6 cm³/mol. The summed E-state index contributed by atoms with van der Waals surface area (Å²) in [6.45, 7) is 3.61. The molecular weight excluding hydrogens is 329 g/mol. The van der Waals surface area contributed by atoms with Gasteiger partial charge in [-0.05, 0) is 35.2 Å². The van der Waals surface area contributed by atoms with E-state index in [0.717, 1.165) is 44.2 Å². The normalized spacial score (nSPS) is 25.3. The molecule has 26 heavy (non-hydrogen) atoms. The minimum absolute atomic E-state index is 0.0116. The van der Waals surface area contributed by atoms with Gasteiger partial charge in [-0.25, -0.2) is 9.38 Å². The highest BCUT2D eigenvalue weighted by Crippen LogP contribution is 2.36. The van der Waals surface area contributed by atoms with Crippen molar-refractivity contribution in [2.75, 3.05) is 26.2 Å². The lowest BCUT2D eigenvalue weighted by Gasteiger charge is -2.39. The molecule has 3 aliphatic heterocycles. The minimum atomic E-state index is -0.212. The van der Waals surface area contributed by atoms with Crippen molar-refractivity contribution < 1.29 is 9.13 Å². The first-order valence-electron chi connectivity index (χ1n) is 9.31. The third-order valence-corrected chi connectivity index (χ3v) is 5.72. The zero-order chi connectivity index (χ0) is 17.5. The number of nitrogens with one attached hydrogen (secondary N) is 1. The molecule has 2 atom stereocenters. The molecular formula is C21H22FN3O. The Hall–Kier alpha value is -2.40. The van der Waals surface area contributed by atoms with Crippen LogP contribution < -0.4 is 5.32 Å². The van der Waals surface area contributed by atoms with Crippen molar-refractivity contribution in [1.29, 1.82) is 0 Å². The monoisotopic (exact) mass is 351 g/mol. The number of fused-ring (bicyclic) bond motifs is 1. The summed E-state index contributed by atoms with van der Waals surface area (Å²) >= 11 is 0. The van der Waals surface area contributed by atoms with Crippen molar-refractivity contribution in [1.82, 2.24) is 10.2 Å². The molecule has 1 unspecified atom stereocenters. The summed E-state index contributed by atoms with van der Waals surface area (Å²) < 4.78 is 19.7. The third-order valence-electron chi connectivity index (χ3n) is 5.72. The molecule has 0 spiro atoms. The van der Waals surface area contributed by atoms with Crippen LogP contribution in [0, 0.1) is 11.7 Å². The number of halogens is 1. The van der Waals surface area contributed by atoms with Gasteiger partial charge in [0.2, 0.25) is 0 Å². The molecule has 0 aromatic heterocycles. The molecule has 1 N–H and O–H groups in total. The van der Waals surface area contributed by atoms with Crippen molar-refractivity contribution in [2.45, 2.75) is 18.6 Å². The van der Waals surface area contributed by atoms with Crippen molar-refractivity contribution in [3.8, 4) is 0 Å². The van der Waals surface area contributed by atoms with Gasteiger partial charge in [0.25, 0.3) is 6.02 Å². The number of hydrogen-bond donors (Lipinski definition) is 1. The van der Waals surface area contributed by atoms with E-state index in [1.54, 1.807) is 0 Å². The van der Waals surface area contributed by atoms with Crippen LogP contribution in [-0.2, 0) is 11.2 Å². The predicted octanol–water partition coefficient (Wildman–Crippen LogP) is 2.75. The molecule has 134 valence electrons. The summed E-state index contributed by atoms with van der Waals surface area (Å²) in [5, 5.41) is 3.31. The zero-order valence-electron chi connectivity index (χ0n) is 14.6. The summed E-state index contributed by atoms with van der Waals surface area (Å²) in [6.07, 6.45) is 1.14. The Bertz CT molecular complexity index is 831. The van der Waals surface area contributed by atoms with Crippen LogP contribution in [-0.4, -0.2) is 43.2 Å². The molecule has 0 aliphatic carbocycles. The second kappa shape index (κ2) is 6.40. The average Bonchev–Trinajstić information content (AvgIpc) is 3.09. The van der Waals surface area contributed by atoms with Gasteiger partial charge in [0, 0.05) is 25.6 Å². The lowest BCUT2D eigenvalue weighted by atomic mass is 9.88. The van der Waals surface area contributed by atoms with Gasteiger partial charge in [-0.2, -0.15) is 0 Å². The molecule has 3 aliphatic rings. The van der Waals surface area contributed by atoms with Crippen LogP contribution in [0.3, 0.4) is 0 Å². The molecule has 0 bridgehead atoms. The Labute approximate surface area is 152 Å². The van der Waals surface area contributed by atoms with Crippen molar-refractivity contribution in [3.63, 3.8) is 0 Å². The number of nitrogens with zero attached hydrogens (tertiary/aromatic N) is 2. The Morgan fingerprint density at radius 2 is 1.88 bits per heavy atom. The molecule has 0 saturated carbocycles. The Morgan fingerprint density at radius 1 is 1.08 bits per heavy atom. The van der Waals surface area contributed by atoms with Gasteiger partial charge in [0.05, 0.1) is 12.6 Å². The Morgan fingerprint density at radius 3 is 2.65 bits per heavy atom. The first kappa shape index (κ1) is 15.8. The van der Waals surface area contributed by atoms with Crippen molar-refractivity contribution >= 4 is 6.02 Å². The van der Waals surface area contributed by atoms with Crippen LogP contribution in [0.4, 0.5) is 4.39 Å². The van der Waals surface area contributed by atoms with E-state index in [9.17, 15) is 4.39 Å². The first-order valence-corrected chi connectivity index (χ1v) is 9.31. The highest BCUT2D eigenvalue weighted by Gasteiger charge is 2.38. The first-order chi connectivity index (χ1) is 12.8. The minimum Gasteiger partial charge on any atom is -0.459 e. The van der Waals surface area contributed by atoms with E-state index in [4.69, 9.17) is 9.73 Å². The highest BCUT2D eigenvalue weighted by atomic mass is 19.1. The SMILES string of the molecule is Fc1ccc([C@H]2c3ccccc3CCN2C2=NCC(C3CNC3)O2)cc1. The molecule has 5 heteroatoms. The number of rotatable bonds is 2. The molecule has 4 nitrogen and oxygen atoms in total. The zero-order valence-corrected chi connectivity index (χ0v) is 14.6. The van der Waals surface area contributed by atoms with Gasteiger partial charge in [-0.1, -0.05) is 36.4 Å². The summed E-state index contributed by atoms with van der Waals surface area (Å²) in [6, 6.07) is 16.1. The lowest BCUT2D eigenvalue weighted by molar-refractivity contribution is 0.0909. The van der Waals surface area contributed by atoms with E-state index in [0.29, 0.717) is 5.92 Å². The van der Waals surface area contributed by atoms with Gasteiger partial charge in [0.15, 0.2) is 0 Å². The second-order valence-electron chi connectivity index (χ2n) is 7.29. The summed E-state index contributed by atoms with van der Waals surface area (Å²) in [4.78, 5) is 6.98. The molecule has 3 heterocycles. The van der Waals surface area contributed by atoms with Crippen LogP contribution in [0.25, 0.3) is 0 Å². The fourth-order valence-electron chi connectivity index (χ4n) is 4.13. The van der Waals surface area contributed by atoms with Gasteiger partial charge < -0.3 is 15.0 Å². The van der Waals surface area contributed by atoms with E-state index >= 15 is 0 Å². The second-order valence-corrected chi connectivity index (χ2v) is 7.29. The third kappa shape index (κ3) is 2.67. The maximum absolute atomic E-state index is 13.5. The molecule has 5 rings (SSSR count). The maximum Gasteiger partial charge on any atom is 0.288 e. The molecule has 1 saturated heterocycles. The fraction of sp³-hybridized carbons (Fsp3) is 0.381. The van der Waals surface area contributed by atoms with Gasteiger partial charge in [-0.3, -0.25) is 0 Å². The standard InChI is InChI=1S/C21H22FN3O/c22-17-7-5-15(6-8-17)20-18-4-2-1-3-14(18)9-10-25(20)21-24-13-19(26-21)16-11-23-12-16/h1-8,16,19-20,23H,9-13H2/t19?,20-/m0/s1. The quantitative estimate of drug-likeness (QED) is 0.904. The molecule has 2 aromatic carbocycles. The van der Waals surface area contributed by atoms with Gasteiger partial charge >= 0.3 is 0 Å². The number of amidine groups is 1. The molecule has 1 fully saturated rings. The maximum atomic E-state index is 13.5. The molecule has 0 radical (unpaired) electrons. The average molecular weight is 351 g/mol. The Kier molecular flexibility index (Phi) is 3.89. The van der Waals surface area contributed by atoms with Crippen LogP contribution in [0.15, 0.2) is 53.5 Å². The van der Waals surface area contributed by atoms with E-state index in [-0.39, 0.29) is 18.0 Å². The van der Waals surface area contributed by atoms with E-state index in [1.807, 2.05) is 12.1 Å². The number of benzene rings is 2. The van der Waals surface area contributed by atoms with Crippen LogP contribution >= 0.6 is 0 Å². The van der Waals surface area contributed by atoms with E-state index < -0.39 is 0 Å². The van der Waals surface area contributed by atoms with Crippen molar-refractivity contribution in [3.05, 3.63) is 71.0 Å². The fourth-order valence-corrected chi connectivity index (χ4v) is 4.13. The molecule has 2 aromatic rings. The summed E-state index contributed by atoms with van der Waals surface area (Å²) in [5.41, 5.74) is 3.67. The van der Waals surface area contributed by atoms with Crippen LogP contribution in [0.2, 0.25) is 0 Å². The van der Waals surface area contributed by atoms with E-state index in [1.165, 1.54) is 23.3 Å². The Balaban J connectivity index is 1.49.